The van der Waals surface area contributed by atoms with Gasteiger partial charge in [0.1, 0.15) is 18.2 Å². The van der Waals surface area contributed by atoms with Gasteiger partial charge in [-0.05, 0) is 53.4 Å². The van der Waals surface area contributed by atoms with E-state index in [0.29, 0.717) is 16.8 Å². The van der Waals surface area contributed by atoms with Crippen molar-refractivity contribution in [3.63, 3.8) is 0 Å². The number of para-hydroxylation sites is 1. The molecule has 0 spiro atoms. The molecule has 37 heavy (non-hydrogen) atoms. The Hall–Kier alpha value is -5.19. The van der Waals surface area contributed by atoms with Crippen molar-refractivity contribution in [1.29, 1.82) is 5.26 Å². The minimum atomic E-state index is 0.547. The Morgan fingerprint density at radius 3 is 2.32 bits per heavy atom. The summed E-state index contributed by atoms with van der Waals surface area (Å²) < 4.78 is 8.77. The first-order valence-corrected chi connectivity index (χ1v) is 12.0. The molecular weight excluding hydrogens is 454 g/mol. The summed E-state index contributed by atoms with van der Waals surface area (Å²) in [6, 6.07) is 32.1. The topological polar surface area (TPSA) is 45.2 Å². The molecule has 0 aliphatic carbocycles. The van der Waals surface area contributed by atoms with Crippen LogP contribution < -0.4 is 4.57 Å². The highest BCUT2D eigenvalue weighted by Crippen LogP contribution is 2.42. The van der Waals surface area contributed by atoms with Gasteiger partial charge in [-0.2, -0.15) is 5.26 Å². The maximum absolute atomic E-state index is 10.1. The van der Waals surface area contributed by atoms with E-state index in [1.54, 1.807) is 0 Å². The van der Waals surface area contributed by atoms with Crippen LogP contribution in [0.5, 0.6) is 0 Å². The molecule has 0 N–H and O–H groups in total. The van der Waals surface area contributed by atoms with Gasteiger partial charge in [-0.25, -0.2) is 9.41 Å². The third kappa shape index (κ3) is 3.56. The van der Waals surface area contributed by atoms with Crippen LogP contribution in [0.2, 0.25) is 0 Å². The summed E-state index contributed by atoms with van der Waals surface area (Å²) in [6.45, 7) is 9.67. The number of nitriles is 1. The molecule has 2 aromatic heterocycles. The summed E-state index contributed by atoms with van der Waals surface area (Å²) in [7, 11) is 2.03. The van der Waals surface area contributed by atoms with Gasteiger partial charge in [0.25, 0.3) is 0 Å². The van der Waals surface area contributed by atoms with Gasteiger partial charge in [-0.15, -0.1) is 0 Å². The molecule has 6 aromatic rings. The van der Waals surface area contributed by atoms with Gasteiger partial charge in [0.2, 0.25) is 5.69 Å². The van der Waals surface area contributed by atoms with Crippen molar-refractivity contribution in [3.05, 3.63) is 120 Å². The zero-order valence-electron chi connectivity index (χ0n) is 20.5. The molecule has 0 aliphatic heterocycles. The van der Waals surface area contributed by atoms with Crippen LogP contribution in [-0.4, -0.2) is 0 Å². The fourth-order valence-electron chi connectivity index (χ4n) is 5.14. The first-order chi connectivity index (χ1) is 18.1. The van der Waals surface area contributed by atoms with Crippen LogP contribution in [0.3, 0.4) is 0 Å². The van der Waals surface area contributed by atoms with Gasteiger partial charge in [-0.3, -0.25) is 0 Å². The van der Waals surface area contributed by atoms with Gasteiger partial charge in [-0.1, -0.05) is 54.6 Å². The molecule has 0 saturated carbocycles. The highest BCUT2D eigenvalue weighted by Gasteiger charge is 2.23. The normalized spacial score (nSPS) is 10.9. The highest BCUT2D eigenvalue weighted by molar-refractivity contribution is 6.14. The smallest absolute Gasteiger partial charge is 0.216 e. The molecular formula is C33H22N3O+. The van der Waals surface area contributed by atoms with Crippen molar-refractivity contribution in [2.75, 3.05) is 0 Å². The molecule has 0 unspecified atom stereocenters. The SMILES string of the molecule is [C-]#[N+]c1ccccc1-c1cccc(-c2c(C#N)ccc3c2oc2c(-c4cccc[n+]4C)c(C)ccc23)c1. The number of aromatic nitrogens is 1. The second kappa shape index (κ2) is 8.79. The van der Waals surface area contributed by atoms with E-state index in [-0.39, 0.29) is 0 Å². The molecule has 4 nitrogen and oxygen atoms in total. The van der Waals surface area contributed by atoms with E-state index in [4.69, 9.17) is 11.0 Å². The molecule has 0 aliphatic rings. The van der Waals surface area contributed by atoms with Gasteiger partial charge < -0.3 is 4.42 Å². The molecule has 0 atom stereocenters. The van der Waals surface area contributed by atoms with E-state index in [0.717, 1.165) is 55.4 Å². The Morgan fingerprint density at radius 2 is 1.54 bits per heavy atom. The predicted octanol–water partition coefficient (Wildman–Crippen LogP) is 8.14. The molecule has 0 bridgehead atoms. The lowest BCUT2D eigenvalue weighted by atomic mass is 9.93. The van der Waals surface area contributed by atoms with Crippen LogP contribution >= 0.6 is 0 Å². The Kier molecular flexibility index (Phi) is 5.29. The molecule has 6 rings (SSSR count). The van der Waals surface area contributed by atoms with Crippen molar-refractivity contribution in [2.45, 2.75) is 6.92 Å². The number of hydrogen-bond donors (Lipinski definition) is 0. The largest absolute Gasteiger partial charge is 0.454 e. The Balaban J connectivity index is 1.66. The highest BCUT2D eigenvalue weighted by atomic mass is 16.3. The second-order valence-electron chi connectivity index (χ2n) is 9.12. The van der Waals surface area contributed by atoms with Crippen molar-refractivity contribution in [3.8, 4) is 39.6 Å². The van der Waals surface area contributed by atoms with E-state index in [9.17, 15) is 5.26 Å². The zero-order chi connectivity index (χ0) is 25.5. The lowest BCUT2D eigenvalue weighted by Gasteiger charge is -2.09. The summed E-state index contributed by atoms with van der Waals surface area (Å²) in [4.78, 5) is 3.69. The average Bonchev–Trinajstić information content (AvgIpc) is 3.31. The van der Waals surface area contributed by atoms with Crippen LogP contribution in [0.4, 0.5) is 5.69 Å². The molecule has 0 saturated heterocycles. The Morgan fingerprint density at radius 1 is 0.811 bits per heavy atom. The number of rotatable bonds is 3. The second-order valence-corrected chi connectivity index (χ2v) is 9.12. The fraction of sp³-hybridized carbons (Fsp3) is 0.0606. The molecule has 0 radical (unpaired) electrons. The van der Waals surface area contributed by atoms with Crippen molar-refractivity contribution >= 4 is 27.6 Å². The van der Waals surface area contributed by atoms with Crippen LogP contribution in [0.1, 0.15) is 11.1 Å². The molecule has 4 aromatic carbocycles. The number of furan rings is 1. The predicted molar refractivity (Wildman–Crippen MR) is 147 cm³/mol. The minimum Gasteiger partial charge on any atom is -0.454 e. The summed E-state index contributed by atoms with van der Waals surface area (Å²) in [6.07, 6.45) is 2.03. The number of benzene rings is 4. The van der Waals surface area contributed by atoms with E-state index in [2.05, 4.69) is 40.6 Å². The Bertz CT molecular complexity index is 1930. The molecule has 174 valence electrons. The lowest BCUT2D eigenvalue weighted by Crippen LogP contribution is -2.30. The number of fused-ring (bicyclic) bond motifs is 3. The van der Waals surface area contributed by atoms with E-state index in [1.807, 2.05) is 86.0 Å². The summed E-state index contributed by atoms with van der Waals surface area (Å²) in [5, 5.41) is 12.0. The van der Waals surface area contributed by atoms with Gasteiger partial charge in [0.15, 0.2) is 11.9 Å². The van der Waals surface area contributed by atoms with Crippen LogP contribution in [0.15, 0.2) is 102 Å². The summed E-state index contributed by atoms with van der Waals surface area (Å²) in [5.41, 5.74) is 9.29. The third-order valence-corrected chi connectivity index (χ3v) is 6.94. The molecule has 0 fully saturated rings. The van der Waals surface area contributed by atoms with Crippen molar-refractivity contribution in [1.82, 2.24) is 0 Å². The minimum absolute atomic E-state index is 0.547. The maximum Gasteiger partial charge on any atom is 0.216 e. The van der Waals surface area contributed by atoms with Crippen molar-refractivity contribution in [2.24, 2.45) is 7.05 Å². The molecule has 2 heterocycles. The average molecular weight is 477 g/mol. The number of hydrogen-bond acceptors (Lipinski definition) is 2. The summed E-state index contributed by atoms with van der Waals surface area (Å²) >= 11 is 0. The number of pyridine rings is 1. The first kappa shape index (κ1) is 22.3. The van der Waals surface area contributed by atoms with E-state index in [1.165, 1.54) is 0 Å². The summed E-state index contributed by atoms with van der Waals surface area (Å²) in [5.74, 6) is 0. The standard InChI is InChI=1S/C33H22N3O/c1-21-14-16-26-27-17-15-24(20-34)31(33(27)37-32(26)30(21)29-13-6-7-18-36(29)3)23-10-8-9-22(19-23)25-11-4-5-12-28(25)35-2/h4-19H,1,3H3/q+1. The maximum atomic E-state index is 10.1. The first-order valence-electron chi connectivity index (χ1n) is 12.0. The van der Waals surface area contributed by atoms with E-state index >= 15 is 0 Å². The number of nitrogens with zero attached hydrogens (tertiary/aromatic N) is 3. The van der Waals surface area contributed by atoms with Gasteiger partial charge >= 0.3 is 0 Å². The zero-order valence-corrected chi connectivity index (χ0v) is 20.5. The van der Waals surface area contributed by atoms with Crippen LogP contribution in [0.25, 0.3) is 60.3 Å². The van der Waals surface area contributed by atoms with E-state index < -0.39 is 0 Å². The van der Waals surface area contributed by atoms with Crippen LogP contribution in [0, 0.1) is 24.8 Å². The van der Waals surface area contributed by atoms with Gasteiger partial charge in [0, 0.05) is 28.5 Å². The molecule has 4 heteroatoms. The fourth-order valence-corrected chi connectivity index (χ4v) is 5.14. The van der Waals surface area contributed by atoms with Crippen molar-refractivity contribution < 1.29 is 8.98 Å². The monoisotopic (exact) mass is 476 g/mol. The quantitative estimate of drug-likeness (QED) is 0.191. The molecule has 0 amide bonds. The van der Waals surface area contributed by atoms with Gasteiger partial charge in [0.05, 0.1) is 23.8 Å². The lowest BCUT2D eigenvalue weighted by molar-refractivity contribution is -0.660. The number of aryl methyl sites for hydroxylation is 2. The van der Waals surface area contributed by atoms with Crippen LogP contribution in [-0.2, 0) is 7.05 Å². The Labute approximate surface area is 215 Å². The third-order valence-electron chi connectivity index (χ3n) is 6.94.